The van der Waals surface area contributed by atoms with E-state index in [0.717, 1.165) is 0 Å². The number of methoxy groups -OCH3 is 2. The molecular formula is C25H25Cl2N5O6S2. The number of fused-ring (bicyclic) bond motifs is 1. The molecule has 0 spiro atoms. The van der Waals surface area contributed by atoms with Crippen molar-refractivity contribution >= 4 is 98.9 Å². The van der Waals surface area contributed by atoms with Crippen LogP contribution in [-0.2, 0) is 19.1 Å². The molecule has 2 fully saturated rings. The third-order valence-corrected chi connectivity index (χ3v) is 7.33. The Morgan fingerprint density at radius 2 is 1.23 bits per heavy atom. The van der Waals surface area contributed by atoms with E-state index in [0.29, 0.717) is 33.5 Å². The number of piperidine rings is 1. The van der Waals surface area contributed by atoms with Gasteiger partial charge in [0.05, 0.1) is 42.1 Å². The van der Waals surface area contributed by atoms with Gasteiger partial charge in [0.25, 0.3) is 0 Å². The Hall–Kier alpha value is -3.52. The Kier molecular flexibility index (Phi) is 9.56. The van der Waals surface area contributed by atoms with Crippen molar-refractivity contribution in [2.75, 3.05) is 29.8 Å². The summed E-state index contributed by atoms with van der Waals surface area (Å²) in [6, 6.07) is 11.7. The molecule has 2 unspecified atom stereocenters. The summed E-state index contributed by atoms with van der Waals surface area (Å²) in [6.45, 7) is 3.67. The van der Waals surface area contributed by atoms with Gasteiger partial charge in [-0.15, -0.1) is 0 Å². The molecule has 2 aromatic rings. The van der Waals surface area contributed by atoms with Crippen LogP contribution in [0, 0.1) is 10.8 Å². The number of hydrogen-bond acceptors (Lipinski definition) is 8. The molecule has 1 saturated carbocycles. The summed E-state index contributed by atoms with van der Waals surface area (Å²) in [7, 11) is 2.45. The van der Waals surface area contributed by atoms with Crippen molar-refractivity contribution < 1.29 is 28.7 Å². The van der Waals surface area contributed by atoms with Crippen molar-refractivity contribution in [3.05, 3.63) is 52.5 Å². The van der Waals surface area contributed by atoms with Gasteiger partial charge in [-0.05, 0) is 75.0 Å². The SMILES string of the molecule is CC12CC1(C)C(=O)N(c1cc(Cl)cc(Cl)c1)C2=O.COC(=O)NC(=S)Nc1ccccc1NC(=S)NC(=O)OC. The Labute approximate surface area is 250 Å². The minimum atomic E-state index is -0.689. The Bertz CT molecular complexity index is 1310. The van der Waals surface area contributed by atoms with Crippen molar-refractivity contribution in [1.82, 2.24) is 10.6 Å². The minimum Gasteiger partial charge on any atom is -0.453 e. The van der Waals surface area contributed by atoms with E-state index in [1.807, 2.05) is 13.8 Å². The second-order valence-electron chi connectivity index (χ2n) is 9.10. The van der Waals surface area contributed by atoms with Gasteiger partial charge >= 0.3 is 12.2 Å². The van der Waals surface area contributed by atoms with Crippen LogP contribution in [0.5, 0.6) is 0 Å². The van der Waals surface area contributed by atoms with Gasteiger partial charge in [-0.1, -0.05) is 35.3 Å². The molecule has 15 heteroatoms. The average Bonchev–Trinajstić information content (AvgIpc) is 3.43. The molecule has 212 valence electrons. The zero-order chi connectivity index (χ0) is 29.8. The standard InChI is InChI=1S/C13H11Cl2NO2.C12H14N4O4S2/c1-12-6-13(12,2)11(18)16(10(12)17)9-4-7(14)3-8(15)5-9;1-19-11(17)15-9(21)13-7-5-3-4-6-8(7)14-10(22)16-12(18)20-2/h3-5H,6H2,1-2H3;3-6H,1-2H3,(H2,13,15,17,21)(H2,14,16,18,22). The Morgan fingerprint density at radius 1 is 0.825 bits per heavy atom. The molecule has 1 saturated heterocycles. The molecule has 4 N–H and O–H groups in total. The zero-order valence-electron chi connectivity index (χ0n) is 21.7. The number of anilines is 3. The number of hydrogen-bond donors (Lipinski definition) is 4. The molecular weight excluding hydrogens is 601 g/mol. The molecule has 40 heavy (non-hydrogen) atoms. The van der Waals surface area contributed by atoms with Crippen LogP contribution in [0.25, 0.3) is 0 Å². The van der Waals surface area contributed by atoms with Crippen LogP contribution in [0.2, 0.25) is 10.0 Å². The summed E-state index contributed by atoms with van der Waals surface area (Å²) in [5, 5.41) is 11.1. The van der Waals surface area contributed by atoms with Crippen molar-refractivity contribution in [3.8, 4) is 0 Å². The van der Waals surface area contributed by atoms with Crippen molar-refractivity contribution in [1.29, 1.82) is 0 Å². The average molecular weight is 627 g/mol. The van der Waals surface area contributed by atoms with Crippen molar-refractivity contribution in [3.63, 3.8) is 0 Å². The number of ether oxygens (including phenoxy) is 2. The lowest BCUT2D eigenvalue weighted by Gasteiger charge is -2.19. The quantitative estimate of drug-likeness (QED) is 0.270. The van der Waals surface area contributed by atoms with Crippen LogP contribution in [0.1, 0.15) is 20.3 Å². The number of amides is 4. The van der Waals surface area contributed by atoms with Gasteiger partial charge < -0.3 is 20.1 Å². The maximum Gasteiger partial charge on any atom is 0.413 e. The highest BCUT2D eigenvalue weighted by molar-refractivity contribution is 7.80. The normalized spacial score (nSPS) is 20.3. The first-order valence-corrected chi connectivity index (χ1v) is 13.1. The number of nitrogens with one attached hydrogen (secondary N) is 4. The molecule has 11 nitrogen and oxygen atoms in total. The van der Waals surface area contributed by atoms with Crippen molar-refractivity contribution in [2.45, 2.75) is 20.3 Å². The fourth-order valence-corrected chi connectivity index (χ4v) is 4.97. The van der Waals surface area contributed by atoms with E-state index in [4.69, 9.17) is 47.6 Å². The number of para-hydroxylation sites is 2. The van der Waals surface area contributed by atoms with Gasteiger partial charge in [-0.25, -0.2) is 14.5 Å². The summed E-state index contributed by atoms with van der Waals surface area (Å²) < 4.78 is 8.87. The molecule has 0 bridgehead atoms. The lowest BCUT2D eigenvalue weighted by atomic mass is 10.00. The van der Waals surface area contributed by atoms with Crippen LogP contribution in [0.4, 0.5) is 26.7 Å². The largest absolute Gasteiger partial charge is 0.453 e. The maximum absolute atomic E-state index is 12.3. The van der Waals surface area contributed by atoms with Gasteiger partial charge in [0, 0.05) is 10.0 Å². The Balaban J connectivity index is 0.000000224. The topological polar surface area (TPSA) is 138 Å². The molecule has 2 aromatic carbocycles. The molecule has 1 heterocycles. The number of alkyl carbamates (subject to hydrolysis) is 2. The highest BCUT2D eigenvalue weighted by Gasteiger charge is 2.77. The molecule has 4 rings (SSSR count). The number of carbonyl (C=O) groups is 4. The van der Waals surface area contributed by atoms with E-state index in [2.05, 4.69) is 30.7 Å². The minimum absolute atomic E-state index is 0.0490. The smallest absolute Gasteiger partial charge is 0.413 e. The lowest BCUT2D eigenvalue weighted by molar-refractivity contribution is -0.125. The molecule has 2 atom stereocenters. The first-order chi connectivity index (χ1) is 18.7. The van der Waals surface area contributed by atoms with Gasteiger partial charge in [0.2, 0.25) is 11.8 Å². The molecule has 1 aliphatic heterocycles. The molecule has 2 aliphatic rings. The number of imide groups is 1. The van der Waals surface area contributed by atoms with E-state index in [-0.39, 0.29) is 22.0 Å². The van der Waals surface area contributed by atoms with Gasteiger partial charge in [-0.2, -0.15) is 0 Å². The molecule has 0 aromatic heterocycles. The lowest BCUT2D eigenvalue weighted by Crippen LogP contribution is -2.35. The highest BCUT2D eigenvalue weighted by Crippen LogP contribution is 2.69. The van der Waals surface area contributed by atoms with E-state index in [9.17, 15) is 19.2 Å². The van der Waals surface area contributed by atoms with Gasteiger partial charge in [0.15, 0.2) is 10.2 Å². The Morgan fingerprint density at radius 3 is 1.60 bits per heavy atom. The zero-order valence-corrected chi connectivity index (χ0v) is 24.9. The number of rotatable bonds is 3. The number of halogens is 2. The summed E-state index contributed by atoms with van der Waals surface area (Å²) in [5.41, 5.74) is 0.422. The van der Waals surface area contributed by atoms with Gasteiger partial charge in [0.1, 0.15) is 0 Å². The van der Waals surface area contributed by atoms with E-state index < -0.39 is 23.0 Å². The second kappa shape index (κ2) is 12.3. The predicted octanol–water partition coefficient (Wildman–Crippen LogP) is 5.08. The molecule has 4 amide bonds. The fraction of sp³-hybridized carbons (Fsp3) is 0.280. The molecule has 1 aliphatic carbocycles. The first-order valence-electron chi connectivity index (χ1n) is 11.5. The number of benzene rings is 2. The monoisotopic (exact) mass is 625 g/mol. The highest BCUT2D eigenvalue weighted by atomic mass is 35.5. The van der Waals surface area contributed by atoms with Crippen LogP contribution in [0.15, 0.2) is 42.5 Å². The summed E-state index contributed by atoms with van der Waals surface area (Å²) in [5.74, 6) is -0.318. The number of carbonyl (C=O) groups excluding carboxylic acids is 4. The third kappa shape index (κ3) is 6.61. The fourth-order valence-electron chi connectivity index (χ4n) is 4.07. The van der Waals surface area contributed by atoms with Crippen LogP contribution in [-0.4, -0.2) is 48.4 Å². The summed E-state index contributed by atoms with van der Waals surface area (Å²) in [4.78, 5) is 48.0. The maximum atomic E-state index is 12.3. The number of nitrogens with zero attached hydrogens (tertiary/aromatic N) is 1. The van der Waals surface area contributed by atoms with Crippen molar-refractivity contribution in [2.24, 2.45) is 10.8 Å². The van der Waals surface area contributed by atoms with Gasteiger partial charge in [-0.3, -0.25) is 20.2 Å². The summed E-state index contributed by atoms with van der Waals surface area (Å²) in [6.07, 6.45) is -0.751. The second-order valence-corrected chi connectivity index (χ2v) is 10.8. The van der Waals surface area contributed by atoms with Crippen LogP contribution < -0.4 is 26.2 Å². The predicted molar refractivity (Wildman–Crippen MR) is 160 cm³/mol. The third-order valence-electron chi connectivity index (χ3n) is 6.48. The summed E-state index contributed by atoms with van der Waals surface area (Å²) >= 11 is 21.7. The van der Waals surface area contributed by atoms with E-state index in [1.54, 1.807) is 42.5 Å². The first kappa shape index (κ1) is 31.0. The molecule has 0 radical (unpaired) electrons. The number of thiocarbonyl (C=S) groups is 2. The van der Waals surface area contributed by atoms with E-state index >= 15 is 0 Å². The van der Waals surface area contributed by atoms with Crippen LogP contribution in [0.3, 0.4) is 0 Å². The van der Waals surface area contributed by atoms with E-state index in [1.165, 1.54) is 19.1 Å². The van der Waals surface area contributed by atoms with Crippen LogP contribution >= 0.6 is 47.6 Å².